The highest BCUT2D eigenvalue weighted by molar-refractivity contribution is 6.38. The van der Waals surface area contributed by atoms with Gasteiger partial charge in [0.2, 0.25) is 0 Å². The number of hydrogen-bond acceptors (Lipinski definition) is 4. The van der Waals surface area contributed by atoms with Gasteiger partial charge in [0.05, 0.1) is 16.7 Å². The molecule has 2 aromatic heterocycles. The van der Waals surface area contributed by atoms with Gasteiger partial charge in [0, 0.05) is 35.1 Å². The Balaban J connectivity index is 1.82. The Labute approximate surface area is 160 Å². The highest BCUT2D eigenvalue weighted by Gasteiger charge is 2.12. The summed E-state index contributed by atoms with van der Waals surface area (Å²) in [6, 6.07) is 5.46. The summed E-state index contributed by atoms with van der Waals surface area (Å²) < 4.78 is 0. The average molecular weight is 393 g/mol. The number of nitrogens with zero attached hydrogens (tertiary/aromatic N) is 2. The van der Waals surface area contributed by atoms with Crippen LogP contribution in [-0.4, -0.2) is 32.8 Å². The molecule has 26 heavy (non-hydrogen) atoms. The summed E-state index contributed by atoms with van der Waals surface area (Å²) in [5, 5.41) is 20.7. The Kier molecular flexibility index (Phi) is 5.96. The molecule has 0 saturated heterocycles. The third kappa shape index (κ3) is 4.45. The Morgan fingerprint density at radius 2 is 2.04 bits per heavy atom. The number of anilines is 1. The zero-order chi connectivity index (χ0) is 18.5. The first kappa shape index (κ1) is 18.5. The van der Waals surface area contributed by atoms with Crippen LogP contribution in [0.3, 0.4) is 0 Å². The SMILES string of the molecule is O=C(O)CCCCCNc1cc(-c2cn[nH]c2)c2cc(Cl)cc(Cl)c2n1. The third-order valence-corrected chi connectivity index (χ3v) is 4.52. The molecule has 0 bridgehead atoms. The smallest absolute Gasteiger partial charge is 0.303 e. The predicted octanol–water partition coefficient (Wildman–Crippen LogP) is 4.99. The first-order valence-corrected chi connectivity index (χ1v) is 9.05. The van der Waals surface area contributed by atoms with Gasteiger partial charge in [0.25, 0.3) is 0 Å². The summed E-state index contributed by atoms with van der Waals surface area (Å²) in [5.74, 6) is -0.0524. The van der Waals surface area contributed by atoms with Crippen LogP contribution in [-0.2, 0) is 4.79 Å². The van der Waals surface area contributed by atoms with Gasteiger partial charge in [0.1, 0.15) is 5.82 Å². The molecule has 2 heterocycles. The van der Waals surface area contributed by atoms with Crippen LogP contribution >= 0.6 is 23.2 Å². The molecule has 0 aliphatic heterocycles. The largest absolute Gasteiger partial charge is 0.481 e. The number of aromatic amines is 1. The monoisotopic (exact) mass is 392 g/mol. The third-order valence-electron chi connectivity index (χ3n) is 4.01. The number of unbranched alkanes of at least 4 members (excludes halogenated alkanes) is 2. The molecule has 0 aliphatic rings. The molecule has 0 aliphatic carbocycles. The van der Waals surface area contributed by atoms with Gasteiger partial charge in [-0.3, -0.25) is 9.89 Å². The number of nitrogens with one attached hydrogen (secondary N) is 2. The summed E-state index contributed by atoms with van der Waals surface area (Å²) in [6.45, 7) is 0.703. The molecule has 136 valence electrons. The molecular formula is C18H18Cl2N4O2. The number of hydrogen-bond donors (Lipinski definition) is 3. The molecule has 0 amide bonds. The molecule has 6 nitrogen and oxygen atoms in total. The second kappa shape index (κ2) is 8.38. The van der Waals surface area contributed by atoms with Crippen molar-refractivity contribution in [2.75, 3.05) is 11.9 Å². The van der Waals surface area contributed by atoms with Crippen LogP contribution in [0.15, 0.2) is 30.6 Å². The number of benzene rings is 1. The van der Waals surface area contributed by atoms with Crippen LogP contribution in [0.1, 0.15) is 25.7 Å². The van der Waals surface area contributed by atoms with Crippen LogP contribution in [0.4, 0.5) is 5.82 Å². The maximum Gasteiger partial charge on any atom is 0.303 e. The van der Waals surface area contributed by atoms with E-state index in [9.17, 15) is 4.79 Å². The number of rotatable bonds is 8. The number of pyridine rings is 1. The van der Waals surface area contributed by atoms with Crippen LogP contribution < -0.4 is 5.32 Å². The summed E-state index contributed by atoms with van der Waals surface area (Å²) in [6.07, 6.45) is 6.13. The number of aromatic nitrogens is 3. The lowest BCUT2D eigenvalue weighted by atomic mass is 10.0. The number of aliphatic carboxylic acids is 1. The van der Waals surface area contributed by atoms with Gasteiger partial charge in [0.15, 0.2) is 0 Å². The number of carboxylic acids is 1. The minimum absolute atomic E-state index is 0.204. The maximum atomic E-state index is 10.5. The van der Waals surface area contributed by atoms with Crippen molar-refractivity contribution in [2.24, 2.45) is 0 Å². The van der Waals surface area contributed by atoms with Gasteiger partial charge in [-0.15, -0.1) is 0 Å². The topological polar surface area (TPSA) is 90.9 Å². The lowest BCUT2D eigenvalue weighted by Gasteiger charge is -2.12. The van der Waals surface area contributed by atoms with Crippen molar-refractivity contribution in [1.82, 2.24) is 15.2 Å². The van der Waals surface area contributed by atoms with Crippen molar-refractivity contribution in [2.45, 2.75) is 25.7 Å². The highest BCUT2D eigenvalue weighted by atomic mass is 35.5. The molecule has 8 heteroatoms. The van der Waals surface area contributed by atoms with Gasteiger partial charge in [-0.05, 0) is 36.6 Å². The summed E-state index contributed by atoms with van der Waals surface area (Å²) in [5.41, 5.74) is 2.52. The lowest BCUT2D eigenvalue weighted by molar-refractivity contribution is -0.137. The van der Waals surface area contributed by atoms with Crippen LogP contribution in [0.5, 0.6) is 0 Å². The van der Waals surface area contributed by atoms with Crippen LogP contribution in [0, 0.1) is 0 Å². The normalized spacial score (nSPS) is 11.0. The average Bonchev–Trinajstić information content (AvgIpc) is 3.12. The van der Waals surface area contributed by atoms with Crippen molar-refractivity contribution >= 4 is 45.9 Å². The van der Waals surface area contributed by atoms with E-state index in [0.29, 0.717) is 34.3 Å². The van der Waals surface area contributed by atoms with Crippen molar-refractivity contribution in [3.05, 3.63) is 40.6 Å². The summed E-state index contributed by atoms with van der Waals surface area (Å²) >= 11 is 12.5. The number of carbonyl (C=O) groups is 1. The minimum atomic E-state index is -0.757. The molecule has 0 saturated carbocycles. The minimum Gasteiger partial charge on any atom is -0.481 e. The molecule has 3 N–H and O–H groups in total. The number of carboxylic acid groups (broad SMARTS) is 1. The van der Waals surface area contributed by atoms with Gasteiger partial charge in [-0.2, -0.15) is 5.10 Å². The summed E-state index contributed by atoms with van der Waals surface area (Å²) in [7, 11) is 0. The molecule has 3 rings (SSSR count). The molecule has 0 fully saturated rings. The maximum absolute atomic E-state index is 10.5. The Morgan fingerprint density at radius 3 is 2.77 bits per heavy atom. The van der Waals surface area contributed by atoms with E-state index in [0.717, 1.165) is 29.4 Å². The van der Waals surface area contributed by atoms with E-state index in [1.807, 2.05) is 12.1 Å². The second-order valence-electron chi connectivity index (χ2n) is 5.96. The Bertz CT molecular complexity index is 913. The van der Waals surface area contributed by atoms with E-state index >= 15 is 0 Å². The van der Waals surface area contributed by atoms with Gasteiger partial charge in [-0.1, -0.05) is 29.6 Å². The van der Waals surface area contributed by atoms with Crippen LogP contribution in [0.25, 0.3) is 22.0 Å². The number of H-pyrrole nitrogens is 1. The van der Waals surface area contributed by atoms with Crippen molar-refractivity contribution in [3.8, 4) is 11.1 Å². The molecule has 0 radical (unpaired) electrons. The van der Waals surface area contributed by atoms with Crippen molar-refractivity contribution in [1.29, 1.82) is 0 Å². The van der Waals surface area contributed by atoms with Gasteiger partial charge < -0.3 is 10.4 Å². The first-order valence-electron chi connectivity index (χ1n) is 8.29. The Hall–Kier alpha value is -2.31. The van der Waals surface area contributed by atoms with Crippen LogP contribution in [0.2, 0.25) is 10.0 Å². The van der Waals surface area contributed by atoms with Gasteiger partial charge in [-0.25, -0.2) is 4.98 Å². The van der Waals surface area contributed by atoms with Crippen molar-refractivity contribution < 1.29 is 9.90 Å². The van der Waals surface area contributed by atoms with E-state index < -0.39 is 5.97 Å². The van der Waals surface area contributed by atoms with Crippen molar-refractivity contribution in [3.63, 3.8) is 0 Å². The van der Waals surface area contributed by atoms with E-state index in [4.69, 9.17) is 28.3 Å². The molecule has 3 aromatic rings. The zero-order valence-corrected chi connectivity index (χ0v) is 15.4. The summed E-state index contributed by atoms with van der Waals surface area (Å²) in [4.78, 5) is 15.1. The predicted molar refractivity (Wildman–Crippen MR) is 104 cm³/mol. The zero-order valence-electron chi connectivity index (χ0n) is 13.9. The second-order valence-corrected chi connectivity index (χ2v) is 6.80. The van der Waals surface area contributed by atoms with E-state index in [-0.39, 0.29) is 6.42 Å². The lowest BCUT2D eigenvalue weighted by Crippen LogP contribution is -2.04. The number of halogens is 2. The van der Waals surface area contributed by atoms with Gasteiger partial charge >= 0.3 is 5.97 Å². The quantitative estimate of drug-likeness (QED) is 0.469. The molecule has 0 atom stereocenters. The molecule has 0 unspecified atom stereocenters. The molecule has 1 aromatic carbocycles. The fraction of sp³-hybridized carbons (Fsp3) is 0.278. The highest BCUT2D eigenvalue weighted by Crippen LogP contribution is 2.35. The molecule has 0 spiro atoms. The Morgan fingerprint density at radius 1 is 1.19 bits per heavy atom. The van der Waals surface area contributed by atoms with E-state index in [1.54, 1.807) is 18.5 Å². The van der Waals surface area contributed by atoms with E-state index in [2.05, 4.69) is 20.5 Å². The first-order chi connectivity index (χ1) is 12.5. The standard InChI is InChI=1S/C18H18Cl2N4O2/c19-12-6-14-13(11-9-22-23-10-11)8-16(24-18(14)15(20)7-12)21-5-3-1-2-4-17(25)26/h6-10H,1-5H2,(H,21,24)(H,22,23)(H,25,26). The fourth-order valence-electron chi connectivity index (χ4n) is 2.77. The number of fused-ring (bicyclic) bond motifs is 1. The fourth-order valence-corrected chi connectivity index (χ4v) is 3.31. The van der Waals surface area contributed by atoms with E-state index in [1.165, 1.54) is 0 Å². The molecular weight excluding hydrogens is 375 g/mol.